The zero-order valence-electron chi connectivity index (χ0n) is 16.2. The molecule has 1 aromatic heterocycles. The Hall–Kier alpha value is -3.52. The predicted octanol–water partition coefficient (Wildman–Crippen LogP) is 1.18. The number of nitrogens with two attached hydrogens (primary N) is 1. The maximum absolute atomic E-state index is 13.0. The molecule has 2 amide bonds. The third-order valence-corrected chi connectivity index (χ3v) is 5.20. The highest BCUT2D eigenvalue weighted by Crippen LogP contribution is 2.27. The number of amides is 2. The molecule has 0 fully saturated rings. The molecule has 1 unspecified atom stereocenters. The molecule has 0 bridgehead atoms. The van der Waals surface area contributed by atoms with Gasteiger partial charge in [0, 0.05) is 6.54 Å². The van der Waals surface area contributed by atoms with Crippen LogP contribution in [0.3, 0.4) is 0 Å². The molecule has 8 heteroatoms. The van der Waals surface area contributed by atoms with E-state index >= 15 is 0 Å². The van der Waals surface area contributed by atoms with Crippen molar-refractivity contribution >= 4 is 28.6 Å². The van der Waals surface area contributed by atoms with E-state index in [1.807, 2.05) is 50.2 Å². The molecule has 0 radical (unpaired) electrons. The third-order valence-electron chi connectivity index (χ3n) is 5.20. The van der Waals surface area contributed by atoms with Gasteiger partial charge in [-0.3, -0.25) is 19.9 Å². The molecule has 8 nitrogen and oxygen atoms in total. The number of aromatic nitrogens is 2. The molecule has 148 valence electrons. The van der Waals surface area contributed by atoms with Crippen LogP contribution in [-0.2, 0) is 21.7 Å². The highest BCUT2D eigenvalue weighted by atomic mass is 16.2. The van der Waals surface area contributed by atoms with Crippen molar-refractivity contribution in [2.75, 3.05) is 6.67 Å². The Bertz CT molecular complexity index is 1120. The molecule has 29 heavy (non-hydrogen) atoms. The topological polar surface area (TPSA) is 125 Å². The minimum Gasteiger partial charge on any atom is -0.367 e. The molecule has 2 aromatic carbocycles. The quantitative estimate of drug-likeness (QED) is 0.522. The number of hydrogen-bond acceptors (Lipinski definition) is 5. The van der Waals surface area contributed by atoms with Gasteiger partial charge in [0.25, 0.3) is 11.8 Å². The summed E-state index contributed by atoms with van der Waals surface area (Å²) in [6.45, 7) is 4.42. The van der Waals surface area contributed by atoms with Gasteiger partial charge in [0.15, 0.2) is 0 Å². The highest BCUT2D eigenvalue weighted by Gasteiger charge is 2.52. The van der Waals surface area contributed by atoms with E-state index in [0.717, 1.165) is 22.2 Å². The zero-order valence-corrected chi connectivity index (χ0v) is 16.2. The van der Waals surface area contributed by atoms with E-state index in [9.17, 15) is 9.59 Å². The van der Waals surface area contributed by atoms with Gasteiger partial charge in [-0.1, -0.05) is 35.9 Å². The lowest BCUT2D eigenvalue weighted by Crippen LogP contribution is -2.59. The number of carbonyl (C=O) groups excluding carboxylic acids is 2. The lowest BCUT2D eigenvalue weighted by Gasteiger charge is -2.25. The molecule has 1 aliphatic heterocycles. The molecular formula is C21H22N6O2. The van der Waals surface area contributed by atoms with Crippen molar-refractivity contribution in [1.82, 2.24) is 20.6 Å². The summed E-state index contributed by atoms with van der Waals surface area (Å²) in [6, 6.07) is 13.4. The Kier molecular flexibility index (Phi) is 4.63. The number of nitrogens with zero attached hydrogens (tertiary/aromatic N) is 2. The lowest BCUT2D eigenvalue weighted by molar-refractivity contribution is -0.123. The summed E-state index contributed by atoms with van der Waals surface area (Å²) in [6.07, 6.45) is 0. The van der Waals surface area contributed by atoms with Crippen LogP contribution < -0.4 is 16.4 Å². The predicted molar refractivity (Wildman–Crippen MR) is 110 cm³/mol. The van der Waals surface area contributed by atoms with E-state index in [4.69, 9.17) is 5.73 Å². The number of hydrogen-bond donors (Lipinski definition) is 4. The summed E-state index contributed by atoms with van der Waals surface area (Å²) in [5.74, 6) is -0.951. The van der Waals surface area contributed by atoms with E-state index in [2.05, 4.69) is 31.7 Å². The number of rotatable bonds is 5. The molecule has 0 aliphatic carbocycles. The van der Waals surface area contributed by atoms with Gasteiger partial charge in [-0.2, -0.15) is 0 Å². The Morgan fingerprint density at radius 3 is 2.72 bits per heavy atom. The first-order valence-electron chi connectivity index (χ1n) is 9.31. The summed E-state index contributed by atoms with van der Waals surface area (Å²) in [7, 11) is 0. The number of fused-ring (bicyclic) bond motifs is 1. The summed E-state index contributed by atoms with van der Waals surface area (Å²) in [5, 5.41) is 5.82. The van der Waals surface area contributed by atoms with Gasteiger partial charge in [-0.05, 0) is 37.1 Å². The van der Waals surface area contributed by atoms with Gasteiger partial charge >= 0.3 is 0 Å². The standard InChI is InChI=1S/C21H22N6O2/c1-12-7-8-14(13(2)9-12)10-23-18(28)17-21(19(22)29,25-11-24-17)20-26-15-5-3-4-6-16(15)27-20/h3-9,25H,10-11H2,1-2H3,(H2,22,29)(H,23,28)(H,26,27). The van der Waals surface area contributed by atoms with Gasteiger partial charge in [-0.15, -0.1) is 0 Å². The van der Waals surface area contributed by atoms with Crippen LogP contribution in [0.2, 0.25) is 0 Å². The second-order valence-corrected chi connectivity index (χ2v) is 7.17. The molecule has 0 saturated heterocycles. The van der Waals surface area contributed by atoms with E-state index in [1.165, 1.54) is 0 Å². The molecule has 4 rings (SSSR count). The van der Waals surface area contributed by atoms with Crippen LogP contribution in [0.15, 0.2) is 47.5 Å². The van der Waals surface area contributed by atoms with Crippen LogP contribution in [0, 0.1) is 13.8 Å². The van der Waals surface area contributed by atoms with E-state index in [1.54, 1.807) is 0 Å². The largest absolute Gasteiger partial charge is 0.367 e. The summed E-state index contributed by atoms with van der Waals surface area (Å²) < 4.78 is 0. The minimum absolute atomic E-state index is 0.00817. The van der Waals surface area contributed by atoms with Crippen molar-refractivity contribution in [2.45, 2.75) is 25.9 Å². The maximum atomic E-state index is 13.0. The molecule has 0 spiro atoms. The fraction of sp³-hybridized carbons (Fsp3) is 0.238. The molecule has 1 atom stereocenters. The third kappa shape index (κ3) is 3.17. The molecule has 0 saturated carbocycles. The Morgan fingerprint density at radius 1 is 1.21 bits per heavy atom. The van der Waals surface area contributed by atoms with Crippen molar-refractivity contribution in [3.05, 3.63) is 65.0 Å². The maximum Gasteiger partial charge on any atom is 0.268 e. The highest BCUT2D eigenvalue weighted by molar-refractivity contribution is 6.46. The average molecular weight is 390 g/mol. The van der Waals surface area contributed by atoms with Crippen LogP contribution in [0.1, 0.15) is 22.5 Å². The van der Waals surface area contributed by atoms with Gasteiger partial charge < -0.3 is 16.0 Å². The normalized spacial score (nSPS) is 18.6. The number of imidazole rings is 1. The number of aliphatic imine (C=N–C) groups is 1. The lowest BCUT2D eigenvalue weighted by atomic mass is 9.91. The monoisotopic (exact) mass is 390 g/mol. The van der Waals surface area contributed by atoms with Crippen molar-refractivity contribution < 1.29 is 9.59 Å². The number of H-pyrrole nitrogens is 1. The van der Waals surface area contributed by atoms with Crippen LogP contribution in [-0.4, -0.2) is 34.2 Å². The second kappa shape index (κ2) is 7.14. The minimum atomic E-state index is -1.61. The van der Waals surface area contributed by atoms with Gasteiger partial charge in [-0.25, -0.2) is 4.98 Å². The van der Waals surface area contributed by atoms with Gasteiger partial charge in [0.05, 0.1) is 17.7 Å². The second-order valence-electron chi connectivity index (χ2n) is 7.17. The first-order valence-corrected chi connectivity index (χ1v) is 9.31. The van der Waals surface area contributed by atoms with Crippen LogP contribution in [0.4, 0.5) is 0 Å². The molecule has 5 N–H and O–H groups in total. The number of aryl methyl sites for hydroxylation is 2. The van der Waals surface area contributed by atoms with Gasteiger partial charge in [0.1, 0.15) is 11.5 Å². The molecule has 3 aromatic rings. The first-order chi connectivity index (χ1) is 13.9. The number of primary amides is 1. The summed E-state index contributed by atoms with van der Waals surface area (Å²) in [4.78, 5) is 37.3. The number of aromatic amines is 1. The molecular weight excluding hydrogens is 368 g/mol. The van der Waals surface area contributed by atoms with E-state index < -0.39 is 17.4 Å². The van der Waals surface area contributed by atoms with Crippen molar-refractivity contribution in [1.29, 1.82) is 0 Å². The van der Waals surface area contributed by atoms with Gasteiger partial charge in [0.2, 0.25) is 5.54 Å². The number of para-hydroxylation sites is 2. The fourth-order valence-corrected chi connectivity index (χ4v) is 3.63. The fourth-order valence-electron chi connectivity index (χ4n) is 3.63. The molecule has 1 aliphatic rings. The molecule has 2 heterocycles. The van der Waals surface area contributed by atoms with E-state index in [-0.39, 0.29) is 18.2 Å². The average Bonchev–Trinajstić information content (AvgIpc) is 3.32. The SMILES string of the molecule is Cc1ccc(CNC(=O)C2=NCNC2(C(N)=O)c2nc3ccccc3[nH]2)c(C)c1. The van der Waals surface area contributed by atoms with Crippen molar-refractivity contribution in [3.63, 3.8) is 0 Å². The van der Waals surface area contributed by atoms with Crippen LogP contribution in [0.5, 0.6) is 0 Å². The van der Waals surface area contributed by atoms with Crippen LogP contribution >= 0.6 is 0 Å². The zero-order chi connectivity index (χ0) is 20.6. The van der Waals surface area contributed by atoms with E-state index in [0.29, 0.717) is 12.1 Å². The number of nitrogens with one attached hydrogen (secondary N) is 3. The number of benzene rings is 2. The Balaban J connectivity index is 1.64. The Labute approximate surface area is 167 Å². The Morgan fingerprint density at radius 2 is 2.00 bits per heavy atom. The smallest absolute Gasteiger partial charge is 0.268 e. The van der Waals surface area contributed by atoms with Crippen molar-refractivity contribution in [3.8, 4) is 0 Å². The van der Waals surface area contributed by atoms with Crippen molar-refractivity contribution in [2.24, 2.45) is 10.7 Å². The first kappa shape index (κ1) is 18.8. The number of carbonyl (C=O) groups is 2. The summed E-state index contributed by atoms with van der Waals surface area (Å²) in [5.41, 5.74) is 8.78. The van der Waals surface area contributed by atoms with Crippen LogP contribution in [0.25, 0.3) is 11.0 Å². The summed E-state index contributed by atoms with van der Waals surface area (Å²) >= 11 is 0.